The molecule has 3 nitrogen and oxygen atoms in total. The van der Waals surface area contributed by atoms with Gasteiger partial charge in [0.2, 0.25) is 5.78 Å². The zero-order valence-electron chi connectivity index (χ0n) is 7.59. The zero-order valence-corrected chi connectivity index (χ0v) is 8.41. The summed E-state index contributed by atoms with van der Waals surface area (Å²) in [6.07, 6.45) is -3.51. The molecule has 0 unspecified atom stereocenters. The van der Waals surface area contributed by atoms with Crippen LogP contribution in [0.1, 0.15) is 11.4 Å². The third-order valence-corrected chi connectivity index (χ3v) is 2.20. The molecule has 0 aromatic carbocycles. The first-order valence-electron chi connectivity index (χ1n) is 4.04. The Balaban J connectivity index is 2.77. The number of halogens is 3. The standard InChI is InChI=1S/C8H6F3N3S/c1-4-2-6(15)14-3-5(8(9,10)11)13-7(14)12-4/h2-3H,1H3,(H,12,13). The molecule has 0 fully saturated rings. The summed E-state index contributed by atoms with van der Waals surface area (Å²) in [6, 6.07) is 1.54. The third kappa shape index (κ3) is 1.74. The van der Waals surface area contributed by atoms with Gasteiger partial charge in [-0.3, -0.25) is 4.40 Å². The average Bonchev–Trinajstić information content (AvgIpc) is 2.46. The molecular weight excluding hydrogens is 227 g/mol. The first kappa shape index (κ1) is 10.2. The van der Waals surface area contributed by atoms with Gasteiger partial charge in [-0.1, -0.05) is 12.2 Å². The number of fused-ring (bicyclic) bond motifs is 1. The fourth-order valence-corrected chi connectivity index (χ4v) is 1.55. The van der Waals surface area contributed by atoms with Crippen LogP contribution in [0.4, 0.5) is 13.2 Å². The van der Waals surface area contributed by atoms with Crippen LogP contribution in [0.3, 0.4) is 0 Å². The number of nitrogens with zero attached hydrogens (tertiary/aromatic N) is 2. The number of alkyl halides is 3. The number of hydrogen-bond donors (Lipinski definition) is 1. The quantitative estimate of drug-likeness (QED) is 0.710. The number of imidazole rings is 1. The summed E-state index contributed by atoms with van der Waals surface area (Å²) in [7, 11) is 0. The Hall–Kier alpha value is -1.37. The van der Waals surface area contributed by atoms with Crippen LogP contribution in [0.2, 0.25) is 0 Å². The third-order valence-electron chi connectivity index (χ3n) is 1.89. The predicted octanol–water partition coefficient (Wildman–Crippen LogP) is 2.72. The number of aryl methyl sites for hydroxylation is 1. The molecule has 0 saturated heterocycles. The fraction of sp³-hybridized carbons (Fsp3) is 0.250. The topological polar surface area (TPSA) is 33.1 Å². The molecule has 80 valence electrons. The SMILES string of the molecule is Cc1cc(=S)n2cc(C(F)(F)F)[nH]c2n1. The Bertz CT molecular complexity index is 566. The van der Waals surface area contributed by atoms with E-state index < -0.39 is 11.9 Å². The highest BCUT2D eigenvalue weighted by Gasteiger charge is 2.33. The van der Waals surface area contributed by atoms with Crippen LogP contribution in [-0.4, -0.2) is 14.4 Å². The van der Waals surface area contributed by atoms with E-state index in [1.165, 1.54) is 10.5 Å². The molecule has 0 atom stereocenters. The highest BCUT2D eigenvalue weighted by Crippen LogP contribution is 2.28. The van der Waals surface area contributed by atoms with Crippen molar-refractivity contribution in [2.45, 2.75) is 13.1 Å². The minimum Gasteiger partial charge on any atom is -0.320 e. The van der Waals surface area contributed by atoms with E-state index in [0.29, 0.717) is 10.3 Å². The maximum atomic E-state index is 12.4. The first-order valence-corrected chi connectivity index (χ1v) is 4.45. The van der Waals surface area contributed by atoms with Crippen molar-refractivity contribution < 1.29 is 13.2 Å². The molecule has 15 heavy (non-hydrogen) atoms. The lowest BCUT2D eigenvalue weighted by atomic mass is 10.4. The Kier molecular flexibility index (Phi) is 2.07. The van der Waals surface area contributed by atoms with E-state index in [-0.39, 0.29) is 5.78 Å². The van der Waals surface area contributed by atoms with Gasteiger partial charge in [0.15, 0.2) is 0 Å². The van der Waals surface area contributed by atoms with Crippen molar-refractivity contribution in [1.82, 2.24) is 14.4 Å². The van der Waals surface area contributed by atoms with Crippen LogP contribution < -0.4 is 0 Å². The smallest absolute Gasteiger partial charge is 0.320 e. The normalized spacial score (nSPS) is 12.3. The lowest BCUT2D eigenvalue weighted by Crippen LogP contribution is -2.04. The molecule has 0 aliphatic carbocycles. The molecule has 2 aromatic heterocycles. The molecule has 0 bridgehead atoms. The summed E-state index contributed by atoms with van der Waals surface area (Å²) in [5.74, 6) is 0.104. The second kappa shape index (κ2) is 3.06. The lowest BCUT2D eigenvalue weighted by molar-refractivity contribution is -0.140. The minimum absolute atomic E-state index is 0.104. The van der Waals surface area contributed by atoms with E-state index >= 15 is 0 Å². The van der Waals surface area contributed by atoms with Crippen molar-refractivity contribution in [3.63, 3.8) is 0 Å². The Morgan fingerprint density at radius 2 is 2.13 bits per heavy atom. The summed E-state index contributed by atoms with van der Waals surface area (Å²) in [5, 5.41) is 0. The van der Waals surface area contributed by atoms with Gasteiger partial charge in [0.05, 0.1) is 0 Å². The van der Waals surface area contributed by atoms with Gasteiger partial charge in [0.1, 0.15) is 10.3 Å². The van der Waals surface area contributed by atoms with Crippen LogP contribution in [-0.2, 0) is 6.18 Å². The van der Waals surface area contributed by atoms with Crippen LogP contribution in [0.5, 0.6) is 0 Å². The Labute approximate surface area is 87.6 Å². The second-order valence-corrected chi connectivity index (χ2v) is 3.51. The average molecular weight is 233 g/mol. The van der Waals surface area contributed by atoms with Gasteiger partial charge in [-0.2, -0.15) is 13.2 Å². The van der Waals surface area contributed by atoms with Gasteiger partial charge in [-0.15, -0.1) is 0 Å². The summed E-state index contributed by atoms with van der Waals surface area (Å²) in [6.45, 7) is 1.67. The molecule has 0 aliphatic heterocycles. The maximum Gasteiger partial charge on any atom is 0.432 e. The van der Waals surface area contributed by atoms with Gasteiger partial charge in [0.25, 0.3) is 0 Å². The molecular formula is C8H6F3N3S. The van der Waals surface area contributed by atoms with Crippen LogP contribution in [0.25, 0.3) is 5.78 Å². The number of rotatable bonds is 0. The molecule has 2 aromatic rings. The van der Waals surface area contributed by atoms with Crippen molar-refractivity contribution in [2.24, 2.45) is 0 Å². The first-order chi connectivity index (χ1) is 6.88. The summed E-state index contributed by atoms with van der Waals surface area (Å²) in [4.78, 5) is 6.09. The van der Waals surface area contributed by atoms with Crippen molar-refractivity contribution in [3.8, 4) is 0 Å². The molecule has 7 heteroatoms. The molecule has 1 N–H and O–H groups in total. The van der Waals surface area contributed by atoms with Gasteiger partial charge in [-0.25, -0.2) is 4.98 Å². The van der Waals surface area contributed by atoms with Crippen LogP contribution in [0.15, 0.2) is 12.3 Å². The molecule has 0 spiro atoms. The van der Waals surface area contributed by atoms with Gasteiger partial charge < -0.3 is 4.98 Å². The summed E-state index contributed by atoms with van der Waals surface area (Å²) in [5.41, 5.74) is -0.276. The molecule has 2 rings (SSSR count). The van der Waals surface area contributed by atoms with Crippen molar-refractivity contribution >= 4 is 18.0 Å². The number of hydrogen-bond acceptors (Lipinski definition) is 2. The van der Waals surface area contributed by atoms with E-state index in [1.54, 1.807) is 6.92 Å². The van der Waals surface area contributed by atoms with Crippen molar-refractivity contribution in [3.05, 3.63) is 28.3 Å². The zero-order chi connectivity index (χ0) is 11.2. The van der Waals surface area contributed by atoms with Crippen molar-refractivity contribution in [2.75, 3.05) is 0 Å². The largest absolute Gasteiger partial charge is 0.432 e. The highest BCUT2D eigenvalue weighted by molar-refractivity contribution is 7.71. The number of H-pyrrole nitrogens is 1. The predicted molar refractivity (Wildman–Crippen MR) is 50.1 cm³/mol. The van der Waals surface area contributed by atoms with Crippen molar-refractivity contribution in [1.29, 1.82) is 0 Å². The maximum absolute atomic E-state index is 12.4. The molecule has 0 radical (unpaired) electrons. The van der Waals surface area contributed by atoms with Gasteiger partial charge in [0, 0.05) is 11.9 Å². The van der Waals surface area contributed by atoms with E-state index in [1.807, 2.05) is 0 Å². The Morgan fingerprint density at radius 1 is 1.47 bits per heavy atom. The minimum atomic E-state index is -4.41. The van der Waals surface area contributed by atoms with E-state index in [9.17, 15) is 13.2 Å². The molecule has 2 heterocycles. The lowest BCUT2D eigenvalue weighted by Gasteiger charge is -1.99. The molecule has 0 aliphatic rings. The second-order valence-electron chi connectivity index (χ2n) is 3.09. The number of nitrogens with one attached hydrogen (secondary N) is 1. The van der Waals surface area contributed by atoms with Crippen LogP contribution >= 0.6 is 12.2 Å². The number of aromatic amines is 1. The van der Waals surface area contributed by atoms with E-state index in [2.05, 4.69) is 9.97 Å². The monoisotopic (exact) mass is 233 g/mol. The number of aromatic nitrogens is 3. The molecule has 0 saturated carbocycles. The van der Waals surface area contributed by atoms with Gasteiger partial charge in [-0.05, 0) is 13.0 Å². The summed E-state index contributed by atoms with van der Waals surface area (Å²) >= 11 is 4.91. The highest BCUT2D eigenvalue weighted by atomic mass is 32.1. The summed E-state index contributed by atoms with van der Waals surface area (Å²) < 4.78 is 38.6. The van der Waals surface area contributed by atoms with E-state index in [4.69, 9.17) is 12.2 Å². The van der Waals surface area contributed by atoms with Crippen LogP contribution in [0, 0.1) is 11.6 Å². The van der Waals surface area contributed by atoms with E-state index in [0.717, 1.165) is 6.20 Å². The Morgan fingerprint density at radius 3 is 2.73 bits per heavy atom. The van der Waals surface area contributed by atoms with Gasteiger partial charge >= 0.3 is 6.18 Å². The fourth-order valence-electron chi connectivity index (χ4n) is 1.24. The molecule has 0 amide bonds.